The maximum atomic E-state index is 14.1. The van der Waals surface area contributed by atoms with Gasteiger partial charge < -0.3 is 31.1 Å². The molecule has 3 aromatic rings. The number of β-amino-alcohol motifs (C(OH)–C–C–N with tert-alkyl or cyclic N) is 1. The van der Waals surface area contributed by atoms with Gasteiger partial charge in [-0.15, -0.1) is 11.3 Å². The van der Waals surface area contributed by atoms with Gasteiger partial charge in [0, 0.05) is 25.8 Å². The van der Waals surface area contributed by atoms with Crippen molar-refractivity contribution in [2.75, 3.05) is 13.2 Å². The first-order chi connectivity index (χ1) is 25.6. The number of aromatic nitrogens is 1. The molecular formula is C41H54ClN5O6S. The predicted molar refractivity (Wildman–Crippen MR) is 211 cm³/mol. The van der Waals surface area contributed by atoms with E-state index in [0.29, 0.717) is 49.5 Å². The van der Waals surface area contributed by atoms with Gasteiger partial charge in [-0.25, -0.2) is 4.98 Å². The first kappa shape index (κ1) is 41.2. The van der Waals surface area contributed by atoms with Crippen LogP contribution in [0.3, 0.4) is 0 Å². The number of unbranched alkanes of at least 4 members (excludes halogenated alkanes) is 1. The summed E-state index contributed by atoms with van der Waals surface area (Å²) in [6.45, 7) is 10.0. The lowest BCUT2D eigenvalue weighted by molar-refractivity contribution is -0.144. The quantitative estimate of drug-likeness (QED) is 0.121. The summed E-state index contributed by atoms with van der Waals surface area (Å²) in [6.07, 6.45) is 3.91. The lowest BCUT2D eigenvalue weighted by atomic mass is 9.85. The zero-order chi connectivity index (χ0) is 39.2. The number of ether oxygens (including phenoxy) is 1. The molecule has 2 aromatic carbocycles. The van der Waals surface area contributed by atoms with E-state index in [1.807, 2.05) is 70.5 Å². The molecule has 11 nitrogen and oxygen atoms in total. The number of nitrogens with zero attached hydrogens (tertiary/aromatic N) is 2. The highest BCUT2D eigenvalue weighted by Crippen LogP contribution is 2.46. The number of nitrogens with one attached hydrogen (secondary N) is 2. The number of rotatable bonds is 17. The number of amides is 4. The van der Waals surface area contributed by atoms with E-state index in [1.165, 1.54) is 4.90 Å². The molecule has 0 spiro atoms. The first-order valence-corrected chi connectivity index (χ1v) is 20.1. The molecular weight excluding hydrogens is 726 g/mol. The Labute approximate surface area is 327 Å². The lowest BCUT2D eigenvalue weighted by Gasteiger charge is -2.35. The van der Waals surface area contributed by atoms with Crippen LogP contribution in [0.25, 0.3) is 10.4 Å². The molecule has 1 saturated carbocycles. The van der Waals surface area contributed by atoms with Crippen LogP contribution < -0.4 is 21.1 Å². The molecule has 13 heteroatoms. The number of carbonyl (C=O) groups is 4. The molecule has 0 unspecified atom stereocenters. The zero-order valence-corrected chi connectivity index (χ0v) is 33.5. The number of primary amides is 1. The van der Waals surface area contributed by atoms with Crippen molar-refractivity contribution in [1.29, 1.82) is 0 Å². The third kappa shape index (κ3) is 10.4. The fourth-order valence-corrected chi connectivity index (χ4v) is 8.06. The van der Waals surface area contributed by atoms with Crippen molar-refractivity contribution in [3.05, 3.63) is 69.8 Å². The fraction of sp³-hybridized carbons (Fsp3) is 0.537. The minimum absolute atomic E-state index is 0.0189. The highest BCUT2D eigenvalue weighted by molar-refractivity contribution is 7.13. The van der Waals surface area contributed by atoms with E-state index < -0.39 is 29.1 Å². The molecule has 0 bridgehead atoms. The molecule has 1 aliphatic heterocycles. The molecule has 2 aliphatic rings. The van der Waals surface area contributed by atoms with Crippen molar-refractivity contribution in [2.45, 2.75) is 116 Å². The average molecular weight is 780 g/mol. The van der Waals surface area contributed by atoms with Crippen LogP contribution in [0, 0.1) is 18.3 Å². The molecule has 4 atom stereocenters. The summed E-state index contributed by atoms with van der Waals surface area (Å²) in [5.74, 6) is -0.558. The Kier molecular flexibility index (Phi) is 13.4. The number of likely N-dealkylation sites (tertiary alicyclic amines) is 1. The van der Waals surface area contributed by atoms with Crippen molar-refractivity contribution < 1.29 is 29.0 Å². The van der Waals surface area contributed by atoms with E-state index in [-0.39, 0.29) is 48.9 Å². The molecule has 1 aliphatic carbocycles. The number of thiazole rings is 1. The smallest absolute Gasteiger partial charge is 0.246 e. The number of hydrogen-bond acceptors (Lipinski definition) is 8. The number of benzene rings is 2. The van der Waals surface area contributed by atoms with Gasteiger partial charge in [-0.1, -0.05) is 75.7 Å². The minimum Gasteiger partial charge on any atom is -0.492 e. The second-order valence-electron chi connectivity index (χ2n) is 16.0. The van der Waals surface area contributed by atoms with Crippen LogP contribution in [0.1, 0.15) is 95.9 Å². The Balaban J connectivity index is 1.14. The van der Waals surface area contributed by atoms with E-state index >= 15 is 0 Å². The average Bonchev–Trinajstić information content (AvgIpc) is 3.59. The van der Waals surface area contributed by atoms with Crippen molar-refractivity contribution in [3.8, 4) is 16.2 Å². The standard InChI is InChI=1S/C41H54ClN5O6S/c1-25(13-18-33(43)49)23-53-32-11-8-10-27(35(32)42)9-6-7-12-34(50)45-37(40(3,4)5)39(52)47-22-30(48)21-31(47)38(51)46-41(19-20-41)29-16-14-28(15-17-29)36-26(2)44-24-54-36/h8,10-11,14-17,24-25,30-31,37,48H,6-7,9,12-13,18-23H2,1-5H3,(H2,43,49)(H,45,50)(H,46,51)/t25-,30+,31-,37+/m0/s1. The van der Waals surface area contributed by atoms with Crippen molar-refractivity contribution in [1.82, 2.24) is 20.5 Å². The van der Waals surface area contributed by atoms with Gasteiger partial charge >= 0.3 is 0 Å². The summed E-state index contributed by atoms with van der Waals surface area (Å²) in [5.41, 5.74) is 9.90. The van der Waals surface area contributed by atoms with Gasteiger partial charge in [-0.05, 0) is 79.5 Å². The second-order valence-corrected chi connectivity index (χ2v) is 17.3. The minimum atomic E-state index is -0.892. The molecule has 2 heterocycles. The third-order valence-corrected chi connectivity index (χ3v) is 11.8. The van der Waals surface area contributed by atoms with Crippen LogP contribution in [-0.4, -0.2) is 70.0 Å². The summed E-state index contributed by atoms with van der Waals surface area (Å²) >= 11 is 8.24. The molecule has 5 rings (SSSR count). The van der Waals surface area contributed by atoms with Gasteiger partial charge in [-0.3, -0.25) is 19.2 Å². The maximum Gasteiger partial charge on any atom is 0.246 e. The predicted octanol–water partition coefficient (Wildman–Crippen LogP) is 6.06. The summed E-state index contributed by atoms with van der Waals surface area (Å²) in [6, 6.07) is 12.1. The van der Waals surface area contributed by atoms with E-state index in [4.69, 9.17) is 22.1 Å². The molecule has 1 aromatic heterocycles. The van der Waals surface area contributed by atoms with Gasteiger partial charge in [0.2, 0.25) is 23.6 Å². The highest BCUT2D eigenvalue weighted by Gasteiger charge is 2.50. The van der Waals surface area contributed by atoms with Crippen molar-refractivity contribution in [2.24, 2.45) is 17.1 Å². The Bertz CT molecular complexity index is 1800. The van der Waals surface area contributed by atoms with E-state index in [0.717, 1.165) is 40.1 Å². The van der Waals surface area contributed by atoms with E-state index in [2.05, 4.69) is 27.8 Å². The summed E-state index contributed by atoms with van der Waals surface area (Å²) in [7, 11) is 0. The van der Waals surface area contributed by atoms with Crippen LogP contribution in [0.4, 0.5) is 0 Å². The van der Waals surface area contributed by atoms with Gasteiger partial charge in [0.05, 0.1) is 39.4 Å². The zero-order valence-electron chi connectivity index (χ0n) is 32.0. The van der Waals surface area contributed by atoms with E-state index in [1.54, 1.807) is 11.3 Å². The Morgan fingerprint density at radius 2 is 1.83 bits per heavy atom. The summed E-state index contributed by atoms with van der Waals surface area (Å²) in [5, 5.41) is 17.4. The van der Waals surface area contributed by atoms with Crippen LogP contribution in [0.2, 0.25) is 5.02 Å². The Hall–Kier alpha value is -4.00. The molecule has 4 amide bonds. The van der Waals surface area contributed by atoms with Crippen LogP contribution >= 0.6 is 22.9 Å². The topological polar surface area (TPSA) is 164 Å². The third-order valence-electron chi connectivity index (χ3n) is 10.4. The van der Waals surface area contributed by atoms with Crippen LogP contribution in [0.15, 0.2) is 48.0 Å². The molecule has 2 fully saturated rings. The summed E-state index contributed by atoms with van der Waals surface area (Å²) in [4.78, 5) is 59.2. The Morgan fingerprint density at radius 1 is 1.11 bits per heavy atom. The first-order valence-electron chi connectivity index (χ1n) is 18.9. The highest BCUT2D eigenvalue weighted by atomic mass is 35.5. The van der Waals surface area contributed by atoms with Crippen LogP contribution in [-0.2, 0) is 31.1 Å². The number of aliphatic hydroxyl groups is 1. The number of carbonyl (C=O) groups excluding carboxylic acids is 4. The van der Waals surface area contributed by atoms with Gasteiger partial charge in [-0.2, -0.15) is 0 Å². The lowest BCUT2D eigenvalue weighted by Crippen LogP contribution is -2.58. The van der Waals surface area contributed by atoms with Gasteiger partial charge in [0.1, 0.15) is 17.8 Å². The maximum absolute atomic E-state index is 14.1. The van der Waals surface area contributed by atoms with Crippen molar-refractivity contribution >= 4 is 46.6 Å². The SMILES string of the molecule is Cc1ncsc1-c1ccc(C2(NC(=O)[C@@H]3C[C@@H](O)CN3C(=O)[C@@H](NC(=O)CCCCc3cccc(OC[C@@H](C)CCC(N)=O)c3Cl)C(C)(C)C)CC2)cc1. The Morgan fingerprint density at radius 3 is 2.46 bits per heavy atom. The fourth-order valence-electron chi connectivity index (χ4n) is 6.97. The van der Waals surface area contributed by atoms with Crippen LogP contribution in [0.5, 0.6) is 5.75 Å². The molecule has 5 N–H and O–H groups in total. The molecule has 292 valence electrons. The molecule has 1 saturated heterocycles. The van der Waals surface area contributed by atoms with Crippen molar-refractivity contribution in [3.63, 3.8) is 0 Å². The monoisotopic (exact) mass is 779 g/mol. The molecule has 54 heavy (non-hydrogen) atoms. The normalized spacial score (nSPS) is 18.8. The van der Waals surface area contributed by atoms with Gasteiger partial charge in [0.15, 0.2) is 0 Å². The number of aryl methyl sites for hydroxylation is 2. The van der Waals surface area contributed by atoms with E-state index in [9.17, 15) is 24.3 Å². The number of hydrogen-bond donors (Lipinski definition) is 4. The number of nitrogens with two attached hydrogens (primary N) is 1. The number of halogens is 1. The van der Waals surface area contributed by atoms with Gasteiger partial charge in [0.25, 0.3) is 0 Å². The summed E-state index contributed by atoms with van der Waals surface area (Å²) < 4.78 is 5.92. The number of aliphatic hydroxyl groups excluding tert-OH is 1. The largest absolute Gasteiger partial charge is 0.492 e. The molecule has 0 radical (unpaired) electrons. The second kappa shape index (κ2) is 17.6.